The number of nitrogens with zero attached hydrogens (tertiary/aromatic N) is 4. The number of nitrogens with one attached hydrogen (secondary N) is 1. The average Bonchev–Trinajstić information content (AvgIpc) is 2.95. The third kappa shape index (κ3) is 2.86. The highest BCUT2D eigenvalue weighted by molar-refractivity contribution is 5.59. The first kappa shape index (κ1) is 16.3. The fourth-order valence-electron chi connectivity index (χ4n) is 3.79. The lowest BCUT2D eigenvalue weighted by molar-refractivity contribution is 0.159. The predicted molar refractivity (Wildman–Crippen MR) is 98.0 cm³/mol. The third-order valence-electron chi connectivity index (χ3n) is 5.14. The van der Waals surface area contributed by atoms with Gasteiger partial charge in [-0.2, -0.15) is 9.61 Å². The first-order chi connectivity index (χ1) is 13.2. The first-order valence-corrected chi connectivity index (χ1v) is 9.15. The molecule has 7 nitrogen and oxygen atoms in total. The van der Waals surface area contributed by atoms with Gasteiger partial charge in [-0.25, -0.2) is 9.37 Å². The Hall–Kier alpha value is -2.87. The van der Waals surface area contributed by atoms with Crippen molar-refractivity contribution in [3.8, 4) is 11.5 Å². The third-order valence-corrected chi connectivity index (χ3v) is 5.14. The lowest BCUT2D eigenvalue weighted by Crippen LogP contribution is -2.55. The van der Waals surface area contributed by atoms with E-state index in [0.29, 0.717) is 13.1 Å². The molecule has 0 bridgehead atoms. The molecule has 5 rings (SSSR count). The Morgan fingerprint density at radius 1 is 1.19 bits per heavy atom. The molecule has 4 heterocycles. The minimum absolute atomic E-state index is 0.107. The van der Waals surface area contributed by atoms with E-state index in [1.165, 1.54) is 17.7 Å². The second-order valence-electron chi connectivity index (χ2n) is 6.97. The molecule has 8 heteroatoms. The van der Waals surface area contributed by atoms with Gasteiger partial charge in [0.2, 0.25) is 0 Å². The second-order valence-corrected chi connectivity index (χ2v) is 6.97. The number of fused-ring (bicyclic) bond motifs is 2. The number of benzene rings is 1. The number of anilines is 1. The van der Waals surface area contributed by atoms with Crippen LogP contribution in [0.15, 0.2) is 30.5 Å². The minimum atomic E-state index is -0.549. The molecule has 0 spiro atoms. The molecule has 27 heavy (non-hydrogen) atoms. The topological polar surface area (TPSA) is 74.9 Å². The van der Waals surface area contributed by atoms with Crippen molar-refractivity contribution in [3.63, 3.8) is 0 Å². The number of rotatable bonds is 3. The van der Waals surface area contributed by atoms with Gasteiger partial charge in [-0.15, -0.1) is 0 Å². The summed E-state index contributed by atoms with van der Waals surface area (Å²) < 4.78 is 21.6. The Bertz CT molecular complexity index is 999. The molecular weight excluding hydrogens is 349 g/mol. The van der Waals surface area contributed by atoms with Gasteiger partial charge in [0.05, 0.1) is 25.0 Å². The Labute approximate surface area is 155 Å². The highest BCUT2D eigenvalue weighted by Gasteiger charge is 2.34. The maximum atomic E-state index is 13.9. The quantitative estimate of drug-likeness (QED) is 0.729. The minimum Gasteiger partial charge on any atom is -0.508 e. The molecule has 2 aliphatic rings. The zero-order valence-electron chi connectivity index (χ0n) is 14.7. The average molecular weight is 369 g/mol. The van der Waals surface area contributed by atoms with Gasteiger partial charge < -0.3 is 20.1 Å². The van der Waals surface area contributed by atoms with Crippen molar-refractivity contribution in [2.24, 2.45) is 0 Å². The van der Waals surface area contributed by atoms with E-state index in [1.54, 1.807) is 6.20 Å². The molecule has 2 aliphatic heterocycles. The van der Waals surface area contributed by atoms with E-state index in [1.807, 2.05) is 10.6 Å². The Morgan fingerprint density at radius 3 is 2.89 bits per heavy atom. The summed E-state index contributed by atoms with van der Waals surface area (Å²) in [6.45, 7) is 3.15. The summed E-state index contributed by atoms with van der Waals surface area (Å²) in [5, 5.41) is 17.2. The number of ether oxygens (including phenoxy) is 1. The summed E-state index contributed by atoms with van der Waals surface area (Å²) in [5.41, 5.74) is 3.20. The summed E-state index contributed by atoms with van der Waals surface area (Å²) >= 11 is 0. The van der Waals surface area contributed by atoms with Crippen molar-refractivity contribution < 1.29 is 14.2 Å². The number of aromatic nitrogens is 3. The Morgan fingerprint density at radius 2 is 2.04 bits per heavy atom. The molecule has 2 aromatic heterocycles. The van der Waals surface area contributed by atoms with Crippen LogP contribution in [0.5, 0.6) is 11.5 Å². The zero-order valence-corrected chi connectivity index (χ0v) is 14.7. The van der Waals surface area contributed by atoms with E-state index >= 15 is 0 Å². The van der Waals surface area contributed by atoms with Gasteiger partial charge in [-0.1, -0.05) is 0 Å². The van der Waals surface area contributed by atoms with Crippen molar-refractivity contribution in [1.29, 1.82) is 0 Å². The SMILES string of the molecule is Oc1ccc(OC2CN(c3c4c(nc5ccnn35)CCNCC4)C2)c(F)c1. The zero-order chi connectivity index (χ0) is 18.4. The van der Waals surface area contributed by atoms with Crippen LogP contribution in [0.1, 0.15) is 11.3 Å². The smallest absolute Gasteiger partial charge is 0.168 e. The molecule has 1 fully saturated rings. The molecule has 1 aromatic carbocycles. The number of phenols is 1. The van der Waals surface area contributed by atoms with Crippen LogP contribution in [0.2, 0.25) is 0 Å². The molecule has 140 valence electrons. The van der Waals surface area contributed by atoms with Crippen LogP contribution in [0.4, 0.5) is 10.2 Å². The van der Waals surface area contributed by atoms with Gasteiger partial charge in [0.1, 0.15) is 17.7 Å². The van der Waals surface area contributed by atoms with Gasteiger partial charge in [0.15, 0.2) is 17.2 Å². The fraction of sp³-hybridized carbons (Fsp3) is 0.368. The van der Waals surface area contributed by atoms with Crippen LogP contribution in [0, 0.1) is 5.82 Å². The number of aromatic hydroxyl groups is 1. The molecule has 0 aliphatic carbocycles. The van der Waals surface area contributed by atoms with E-state index < -0.39 is 5.82 Å². The standard InChI is InChI=1S/C19H20FN5O2/c20-15-9-12(26)1-2-17(15)27-13-10-24(11-13)19-14-3-6-21-7-4-16(14)23-18-5-8-22-25(18)19/h1-2,5,8-9,13,21,26H,3-4,6-7,10-11H2. The summed E-state index contributed by atoms with van der Waals surface area (Å²) in [6.07, 6.45) is 3.46. The predicted octanol–water partition coefficient (Wildman–Crippen LogP) is 1.53. The van der Waals surface area contributed by atoms with Crippen LogP contribution in [0.25, 0.3) is 5.65 Å². The van der Waals surface area contributed by atoms with Crippen molar-refractivity contribution >= 4 is 11.5 Å². The summed E-state index contributed by atoms with van der Waals surface area (Å²) in [4.78, 5) is 6.99. The molecule has 3 aromatic rings. The van der Waals surface area contributed by atoms with Gasteiger partial charge in [0.25, 0.3) is 0 Å². The highest BCUT2D eigenvalue weighted by atomic mass is 19.1. The monoisotopic (exact) mass is 369 g/mol. The van der Waals surface area contributed by atoms with Crippen LogP contribution in [-0.2, 0) is 12.8 Å². The number of hydrogen-bond acceptors (Lipinski definition) is 6. The number of hydrogen-bond donors (Lipinski definition) is 2. The van der Waals surface area contributed by atoms with Crippen molar-refractivity contribution in [1.82, 2.24) is 19.9 Å². The fourth-order valence-corrected chi connectivity index (χ4v) is 3.79. The van der Waals surface area contributed by atoms with Crippen molar-refractivity contribution in [2.45, 2.75) is 18.9 Å². The van der Waals surface area contributed by atoms with Crippen LogP contribution < -0.4 is 15.0 Å². The molecular formula is C19H20FN5O2. The molecule has 0 saturated carbocycles. The van der Waals surface area contributed by atoms with Crippen LogP contribution in [-0.4, -0.2) is 52.0 Å². The molecule has 2 N–H and O–H groups in total. The Kier molecular flexibility index (Phi) is 3.86. The summed E-state index contributed by atoms with van der Waals surface area (Å²) in [7, 11) is 0. The molecule has 0 radical (unpaired) electrons. The van der Waals surface area contributed by atoms with Gasteiger partial charge in [0, 0.05) is 30.7 Å². The normalized spacial score (nSPS) is 17.4. The first-order valence-electron chi connectivity index (χ1n) is 9.15. The van der Waals surface area contributed by atoms with Gasteiger partial charge >= 0.3 is 0 Å². The van der Waals surface area contributed by atoms with Crippen LogP contribution >= 0.6 is 0 Å². The molecule has 0 unspecified atom stereocenters. The van der Waals surface area contributed by atoms with E-state index in [0.717, 1.165) is 49.2 Å². The van der Waals surface area contributed by atoms with Gasteiger partial charge in [-0.3, -0.25) is 0 Å². The maximum absolute atomic E-state index is 13.9. The molecule has 0 amide bonds. The van der Waals surface area contributed by atoms with E-state index in [-0.39, 0.29) is 17.6 Å². The van der Waals surface area contributed by atoms with Crippen LogP contribution in [0.3, 0.4) is 0 Å². The summed E-state index contributed by atoms with van der Waals surface area (Å²) in [6, 6.07) is 5.87. The van der Waals surface area contributed by atoms with E-state index in [2.05, 4.69) is 15.3 Å². The highest BCUT2D eigenvalue weighted by Crippen LogP contribution is 2.31. The summed E-state index contributed by atoms with van der Waals surface area (Å²) in [5.74, 6) is 0.574. The largest absolute Gasteiger partial charge is 0.508 e. The number of halogens is 1. The van der Waals surface area contributed by atoms with Crippen molar-refractivity contribution in [3.05, 3.63) is 47.5 Å². The van der Waals surface area contributed by atoms with E-state index in [4.69, 9.17) is 9.72 Å². The van der Waals surface area contributed by atoms with Crippen molar-refractivity contribution in [2.75, 3.05) is 31.1 Å². The molecule has 0 atom stereocenters. The lowest BCUT2D eigenvalue weighted by atomic mass is 10.1. The Balaban J connectivity index is 1.41. The maximum Gasteiger partial charge on any atom is 0.168 e. The number of phenolic OH excluding ortho intramolecular Hbond substituents is 1. The molecule has 1 saturated heterocycles. The van der Waals surface area contributed by atoms with E-state index in [9.17, 15) is 9.50 Å². The lowest BCUT2D eigenvalue weighted by Gasteiger charge is -2.41. The van der Waals surface area contributed by atoms with Gasteiger partial charge in [-0.05, 0) is 25.1 Å². The second kappa shape index (κ2) is 6.38.